The molecule has 1 saturated heterocycles. The van der Waals surface area contributed by atoms with E-state index >= 15 is 4.39 Å². The SMILES string of the molecule is CN(C)C1CCN(C(=O)Nc2cc(Oc3ccc(N(C(=O)C4(C(N)=O)CC4)c4ccc(F)cc4)c(F)c3)ccn2)CC1. The van der Waals surface area contributed by atoms with Gasteiger partial charge < -0.3 is 20.3 Å². The molecule has 3 N–H and O–H groups in total. The van der Waals surface area contributed by atoms with Crippen LogP contribution in [-0.2, 0) is 9.59 Å². The number of nitrogens with zero attached hydrogens (tertiary/aromatic N) is 4. The summed E-state index contributed by atoms with van der Waals surface area (Å²) in [4.78, 5) is 47.4. The minimum atomic E-state index is -1.43. The number of hydrogen-bond acceptors (Lipinski definition) is 6. The van der Waals surface area contributed by atoms with Gasteiger partial charge in [-0.3, -0.25) is 19.8 Å². The number of carbonyl (C=O) groups is 3. The van der Waals surface area contributed by atoms with Crippen molar-refractivity contribution in [3.05, 3.63) is 72.4 Å². The van der Waals surface area contributed by atoms with E-state index in [1.54, 1.807) is 11.0 Å². The minimum Gasteiger partial charge on any atom is -0.457 e. The van der Waals surface area contributed by atoms with Crippen molar-refractivity contribution >= 4 is 35.0 Å². The van der Waals surface area contributed by atoms with E-state index in [9.17, 15) is 18.8 Å². The van der Waals surface area contributed by atoms with E-state index in [1.165, 1.54) is 36.5 Å². The Morgan fingerprint density at radius 2 is 1.67 bits per heavy atom. The first-order chi connectivity index (χ1) is 20.1. The lowest BCUT2D eigenvalue weighted by Crippen LogP contribution is -2.46. The molecule has 0 spiro atoms. The largest absolute Gasteiger partial charge is 0.457 e. The van der Waals surface area contributed by atoms with Crippen LogP contribution in [0.1, 0.15) is 25.7 Å². The summed E-state index contributed by atoms with van der Waals surface area (Å²) in [7, 11) is 4.06. The van der Waals surface area contributed by atoms with Gasteiger partial charge in [0.05, 0.1) is 5.69 Å². The summed E-state index contributed by atoms with van der Waals surface area (Å²) in [6.45, 7) is 1.27. The van der Waals surface area contributed by atoms with Gasteiger partial charge in [0.2, 0.25) is 11.8 Å². The zero-order chi connectivity index (χ0) is 30.0. The van der Waals surface area contributed by atoms with E-state index in [0.717, 1.165) is 35.9 Å². The second-order valence-corrected chi connectivity index (χ2v) is 10.8. The van der Waals surface area contributed by atoms with Crippen LogP contribution in [0.5, 0.6) is 11.5 Å². The molecule has 2 heterocycles. The van der Waals surface area contributed by atoms with E-state index in [1.807, 2.05) is 14.1 Å². The van der Waals surface area contributed by atoms with Gasteiger partial charge in [0.15, 0.2) is 5.82 Å². The molecular weight excluding hydrogens is 546 g/mol. The fourth-order valence-corrected chi connectivity index (χ4v) is 5.05. The maximum absolute atomic E-state index is 15.5. The van der Waals surface area contributed by atoms with E-state index in [4.69, 9.17) is 10.5 Å². The Kier molecular flexibility index (Phi) is 8.08. The zero-order valence-electron chi connectivity index (χ0n) is 23.3. The van der Waals surface area contributed by atoms with Gasteiger partial charge in [-0.15, -0.1) is 0 Å². The van der Waals surface area contributed by atoms with E-state index in [2.05, 4.69) is 15.2 Å². The number of aromatic nitrogens is 1. The van der Waals surface area contributed by atoms with Crippen LogP contribution in [0.2, 0.25) is 0 Å². The topological polar surface area (TPSA) is 121 Å². The van der Waals surface area contributed by atoms with Crippen LogP contribution in [0.4, 0.5) is 30.8 Å². The van der Waals surface area contributed by atoms with Crippen molar-refractivity contribution in [3.8, 4) is 11.5 Å². The molecule has 2 fully saturated rings. The molecule has 3 aromatic rings. The predicted octanol–water partition coefficient (Wildman–Crippen LogP) is 4.64. The molecule has 1 saturated carbocycles. The smallest absolute Gasteiger partial charge is 0.323 e. The highest BCUT2D eigenvalue weighted by molar-refractivity contribution is 6.16. The van der Waals surface area contributed by atoms with Crippen molar-refractivity contribution in [2.45, 2.75) is 31.7 Å². The molecule has 220 valence electrons. The van der Waals surface area contributed by atoms with Gasteiger partial charge in [-0.25, -0.2) is 18.6 Å². The molecule has 0 unspecified atom stereocenters. The Balaban J connectivity index is 1.31. The summed E-state index contributed by atoms with van der Waals surface area (Å²) in [5.41, 5.74) is 4.11. The quantitative estimate of drug-likeness (QED) is 0.376. The molecule has 10 nitrogen and oxygen atoms in total. The van der Waals surface area contributed by atoms with Crippen LogP contribution in [0.3, 0.4) is 0 Å². The van der Waals surface area contributed by atoms with E-state index in [0.29, 0.717) is 24.9 Å². The lowest BCUT2D eigenvalue weighted by Gasteiger charge is -2.35. The number of nitrogens with two attached hydrogens (primary N) is 1. The number of amides is 4. The van der Waals surface area contributed by atoms with Crippen molar-refractivity contribution < 1.29 is 27.9 Å². The van der Waals surface area contributed by atoms with Gasteiger partial charge in [-0.2, -0.15) is 0 Å². The number of hydrogen-bond donors (Lipinski definition) is 2. The molecule has 2 aromatic carbocycles. The van der Waals surface area contributed by atoms with Crippen LogP contribution >= 0.6 is 0 Å². The van der Waals surface area contributed by atoms with Crippen LogP contribution < -0.4 is 20.7 Å². The van der Waals surface area contributed by atoms with Gasteiger partial charge in [0, 0.05) is 43.1 Å². The maximum Gasteiger partial charge on any atom is 0.323 e. The Morgan fingerprint density at radius 3 is 2.26 bits per heavy atom. The molecule has 5 rings (SSSR count). The average molecular weight is 579 g/mol. The number of pyridine rings is 1. The first-order valence-corrected chi connectivity index (χ1v) is 13.6. The number of piperidine rings is 1. The Labute approximate surface area is 242 Å². The normalized spacial score (nSPS) is 16.2. The number of carbonyl (C=O) groups excluding carboxylic acids is 3. The number of likely N-dealkylation sites (tertiary alicyclic amines) is 1. The van der Waals surface area contributed by atoms with Crippen LogP contribution in [-0.4, -0.2) is 65.9 Å². The fraction of sp³-hybridized carbons (Fsp3) is 0.333. The standard InChI is InChI=1S/C30H32F2N6O4/c1-36(2)20-10-15-37(16-11-20)29(41)35-26-18-23(9-14-34-26)42-22-7-8-25(24(32)17-22)38(21-5-3-19(31)4-6-21)28(40)30(12-13-30)27(33)39/h3-9,14,17-18,20H,10-13,15-16H2,1-2H3,(H2,33,39)(H,34,35,41). The number of anilines is 3. The molecular formula is C30H32F2N6O4. The summed E-state index contributed by atoms with van der Waals surface area (Å²) >= 11 is 0. The van der Waals surface area contributed by atoms with E-state index in [-0.39, 0.29) is 41.8 Å². The predicted molar refractivity (Wildman–Crippen MR) is 152 cm³/mol. The monoisotopic (exact) mass is 578 g/mol. The number of benzene rings is 2. The van der Waals surface area contributed by atoms with Gasteiger partial charge in [-0.05, 0) is 82.2 Å². The molecule has 1 aliphatic carbocycles. The third kappa shape index (κ3) is 6.03. The molecule has 4 amide bonds. The summed E-state index contributed by atoms with van der Waals surface area (Å²) < 4.78 is 35.0. The Bertz CT molecular complexity index is 1490. The number of urea groups is 1. The third-order valence-corrected chi connectivity index (χ3v) is 7.76. The summed E-state index contributed by atoms with van der Waals surface area (Å²) in [6, 6.07) is 12.1. The molecule has 0 atom stereocenters. The summed E-state index contributed by atoms with van der Waals surface area (Å²) in [5, 5.41) is 2.78. The zero-order valence-corrected chi connectivity index (χ0v) is 23.3. The van der Waals surface area contributed by atoms with Crippen molar-refractivity contribution in [1.29, 1.82) is 0 Å². The average Bonchev–Trinajstić information content (AvgIpc) is 3.78. The number of rotatable bonds is 8. The number of ether oxygens (including phenoxy) is 1. The molecule has 0 bridgehead atoms. The Morgan fingerprint density at radius 1 is 1.00 bits per heavy atom. The van der Waals surface area contributed by atoms with Gasteiger partial charge in [-0.1, -0.05) is 0 Å². The van der Waals surface area contributed by atoms with Crippen LogP contribution in [0.25, 0.3) is 0 Å². The fourth-order valence-electron chi connectivity index (χ4n) is 5.05. The van der Waals surface area contributed by atoms with Crippen molar-refractivity contribution in [2.75, 3.05) is 37.4 Å². The lowest BCUT2D eigenvalue weighted by atomic mass is 10.0. The van der Waals surface area contributed by atoms with Crippen LogP contribution in [0, 0.1) is 17.0 Å². The number of halogens is 2. The van der Waals surface area contributed by atoms with Gasteiger partial charge in [0.1, 0.15) is 28.5 Å². The number of primary amides is 1. The van der Waals surface area contributed by atoms with Gasteiger partial charge >= 0.3 is 6.03 Å². The molecule has 12 heteroatoms. The molecule has 1 aliphatic heterocycles. The molecule has 0 radical (unpaired) electrons. The lowest BCUT2D eigenvalue weighted by molar-refractivity contribution is -0.133. The highest BCUT2D eigenvalue weighted by atomic mass is 19.1. The minimum absolute atomic E-state index is 0.119. The summed E-state index contributed by atoms with van der Waals surface area (Å²) in [5.74, 6) is -2.13. The second-order valence-electron chi connectivity index (χ2n) is 10.8. The summed E-state index contributed by atoms with van der Waals surface area (Å²) in [6.07, 6.45) is 3.72. The first kappa shape index (κ1) is 28.9. The Hall–Kier alpha value is -4.58. The molecule has 1 aromatic heterocycles. The number of nitrogens with one attached hydrogen (secondary N) is 1. The highest BCUT2D eigenvalue weighted by Gasteiger charge is 2.57. The first-order valence-electron chi connectivity index (χ1n) is 13.6. The highest BCUT2D eigenvalue weighted by Crippen LogP contribution is 2.49. The second kappa shape index (κ2) is 11.7. The maximum atomic E-state index is 15.5. The van der Waals surface area contributed by atoms with Crippen LogP contribution in [0.15, 0.2) is 60.8 Å². The van der Waals surface area contributed by atoms with Crippen molar-refractivity contribution in [3.63, 3.8) is 0 Å². The third-order valence-electron chi connectivity index (χ3n) is 7.76. The van der Waals surface area contributed by atoms with Crippen molar-refractivity contribution in [1.82, 2.24) is 14.8 Å². The van der Waals surface area contributed by atoms with Gasteiger partial charge in [0.25, 0.3) is 0 Å². The van der Waals surface area contributed by atoms with Crippen molar-refractivity contribution in [2.24, 2.45) is 11.1 Å². The molecule has 42 heavy (non-hydrogen) atoms. The van der Waals surface area contributed by atoms with E-state index < -0.39 is 28.9 Å². The molecule has 2 aliphatic rings.